The van der Waals surface area contributed by atoms with Gasteiger partial charge in [-0.25, -0.2) is 9.97 Å². The van der Waals surface area contributed by atoms with Gasteiger partial charge in [-0.1, -0.05) is 13.8 Å². The number of carbonyl (C=O) groups is 1. The monoisotopic (exact) mass is 402 g/mol. The highest BCUT2D eigenvalue weighted by Crippen LogP contribution is 2.26. The van der Waals surface area contributed by atoms with Crippen LogP contribution in [-0.4, -0.2) is 78.0 Å². The maximum atomic E-state index is 12.6. The van der Waals surface area contributed by atoms with Crippen LogP contribution in [0.25, 0.3) is 0 Å². The number of nitrogens with one attached hydrogen (secondary N) is 1. The van der Waals surface area contributed by atoms with E-state index >= 15 is 0 Å². The smallest absolute Gasteiger partial charge is 0.222 e. The van der Waals surface area contributed by atoms with Crippen LogP contribution in [0.15, 0.2) is 12.4 Å². The van der Waals surface area contributed by atoms with Crippen molar-refractivity contribution in [3.05, 3.63) is 12.4 Å². The van der Waals surface area contributed by atoms with E-state index in [4.69, 9.17) is 0 Å². The van der Waals surface area contributed by atoms with E-state index in [9.17, 15) is 4.79 Å². The average molecular weight is 403 g/mol. The molecular formula is C22H38N6O. The van der Waals surface area contributed by atoms with Crippen LogP contribution in [0, 0.1) is 11.8 Å². The Kier molecular flexibility index (Phi) is 8.09. The Hall–Kier alpha value is -1.89. The average Bonchev–Trinajstić information content (AvgIpc) is 2.73. The van der Waals surface area contributed by atoms with Crippen LogP contribution >= 0.6 is 0 Å². The van der Waals surface area contributed by atoms with Crippen molar-refractivity contribution in [2.24, 2.45) is 11.8 Å². The zero-order valence-electron chi connectivity index (χ0n) is 18.4. The van der Waals surface area contributed by atoms with Crippen LogP contribution in [0.4, 0.5) is 11.6 Å². The molecule has 29 heavy (non-hydrogen) atoms. The Labute approximate surface area is 175 Å². The van der Waals surface area contributed by atoms with Crippen LogP contribution < -0.4 is 10.2 Å². The second kappa shape index (κ2) is 10.8. The fraction of sp³-hybridized carbons (Fsp3) is 0.773. The molecule has 162 valence electrons. The van der Waals surface area contributed by atoms with Crippen molar-refractivity contribution in [2.75, 3.05) is 62.6 Å². The molecule has 7 heteroatoms. The number of piperidine rings is 1. The molecule has 7 nitrogen and oxygen atoms in total. The number of anilines is 2. The Bertz CT molecular complexity index is 636. The number of hydrogen-bond acceptors (Lipinski definition) is 6. The molecule has 0 aliphatic carbocycles. The topological polar surface area (TPSA) is 64.6 Å². The molecule has 1 N–H and O–H groups in total. The lowest BCUT2D eigenvalue weighted by atomic mass is 9.92. The van der Waals surface area contributed by atoms with Gasteiger partial charge in [-0.3, -0.25) is 9.69 Å². The van der Waals surface area contributed by atoms with Crippen molar-refractivity contribution >= 4 is 17.5 Å². The van der Waals surface area contributed by atoms with Gasteiger partial charge in [0.25, 0.3) is 0 Å². The Morgan fingerprint density at radius 2 is 1.86 bits per heavy atom. The third kappa shape index (κ3) is 6.56. The first-order valence-electron chi connectivity index (χ1n) is 11.4. The van der Waals surface area contributed by atoms with Crippen molar-refractivity contribution in [3.8, 4) is 0 Å². The van der Waals surface area contributed by atoms with Gasteiger partial charge in [0.1, 0.15) is 18.0 Å². The SMILES string of the molecule is CCNc1cc(N2CCC(CCC(=O)N3CCN(CC(C)C)CC3)CC2)ncn1. The number of rotatable bonds is 8. The predicted molar refractivity (Wildman–Crippen MR) is 118 cm³/mol. The first-order chi connectivity index (χ1) is 14.0. The highest BCUT2D eigenvalue weighted by Gasteiger charge is 2.24. The maximum absolute atomic E-state index is 12.6. The first-order valence-corrected chi connectivity index (χ1v) is 11.4. The summed E-state index contributed by atoms with van der Waals surface area (Å²) in [6.07, 6.45) is 5.63. The summed E-state index contributed by atoms with van der Waals surface area (Å²) in [6, 6.07) is 2.03. The van der Waals surface area contributed by atoms with Gasteiger partial charge in [-0.05, 0) is 38.0 Å². The quantitative estimate of drug-likeness (QED) is 0.721. The number of amides is 1. The van der Waals surface area contributed by atoms with E-state index in [1.165, 1.54) is 0 Å². The van der Waals surface area contributed by atoms with Gasteiger partial charge in [0.2, 0.25) is 5.91 Å². The van der Waals surface area contributed by atoms with Crippen LogP contribution in [-0.2, 0) is 4.79 Å². The Balaban J connectivity index is 1.37. The molecule has 1 aromatic rings. The Morgan fingerprint density at radius 1 is 1.14 bits per heavy atom. The summed E-state index contributed by atoms with van der Waals surface area (Å²) in [6.45, 7) is 14.4. The zero-order chi connectivity index (χ0) is 20.6. The summed E-state index contributed by atoms with van der Waals surface area (Å²) in [5.74, 6) is 3.58. The van der Waals surface area contributed by atoms with E-state index in [0.717, 1.165) is 83.3 Å². The van der Waals surface area contributed by atoms with Gasteiger partial charge in [0.15, 0.2) is 0 Å². The summed E-state index contributed by atoms with van der Waals surface area (Å²) < 4.78 is 0. The normalized spacial score (nSPS) is 19.0. The summed E-state index contributed by atoms with van der Waals surface area (Å²) in [4.78, 5) is 28.2. The van der Waals surface area contributed by atoms with Crippen LogP contribution in [0.1, 0.15) is 46.5 Å². The minimum atomic E-state index is 0.350. The highest BCUT2D eigenvalue weighted by atomic mass is 16.2. The van der Waals surface area contributed by atoms with E-state index in [0.29, 0.717) is 24.2 Å². The summed E-state index contributed by atoms with van der Waals surface area (Å²) >= 11 is 0. The lowest BCUT2D eigenvalue weighted by Gasteiger charge is -2.36. The molecule has 1 aromatic heterocycles. The highest BCUT2D eigenvalue weighted by molar-refractivity contribution is 5.76. The molecule has 0 radical (unpaired) electrons. The van der Waals surface area contributed by atoms with Gasteiger partial charge in [0.05, 0.1) is 0 Å². The van der Waals surface area contributed by atoms with Crippen molar-refractivity contribution in [3.63, 3.8) is 0 Å². The third-order valence-electron chi connectivity index (χ3n) is 6.06. The number of carbonyl (C=O) groups excluding carboxylic acids is 1. The fourth-order valence-corrected chi connectivity index (χ4v) is 4.43. The first kappa shape index (κ1) is 21.8. The van der Waals surface area contributed by atoms with Crippen LogP contribution in [0.5, 0.6) is 0 Å². The van der Waals surface area contributed by atoms with E-state index in [1.54, 1.807) is 6.33 Å². The van der Waals surface area contributed by atoms with Crippen molar-refractivity contribution in [1.82, 2.24) is 19.8 Å². The van der Waals surface area contributed by atoms with Gasteiger partial charge >= 0.3 is 0 Å². The van der Waals surface area contributed by atoms with E-state index in [1.807, 2.05) is 6.07 Å². The summed E-state index contributed by atoms with van der Waals surface area (Å²) in [5.41, 5.74) is 0. The lowest BCUT2D eigenvalue weighted by molar-refractivity contribution is -0.133. The number of nitrogens with zero attached hydrogens (tertiary/aromatic N) is 5. The van der Waals surface area contributed by atoms with Crippen molar-refractivity contribution in [2.45, 2.75) is 46.5 Å². The fourth-order valence-electron chi connectivity index (χ4n) is 4.43. The molecule has 0 saturated carbocycles. The molecule has 3 rings (SSSR count). The standard InChI is InChI=1S/C22H38N6O/c1-4-23-20-15-21(25-17-24-20)27-9-7-19(8-10-27)5-6-22(29)28-13-11-26(12-14-28)16-18(2)3/h15,17-19H,4-14,16H2,1-3H3,(H,23,24,25). The zero-order valence-corrected chi connectivity index (χ0v) is 18.4. The van der Waals surface area contributed by atoms with E-state index < -0.39 is 0 Å². The minimum absolute atomic E-state index is 0.350. The molecule has 1 amide bonds. The summed E-state index contributed by atoms with van der Waals surface area (Å²) in [5, 5.41) is 3.25. The van der Waals surface area contributed by atoms with Gasteiger partial charge in [-0.15, -0.1) is 0 Å². The molecular weight excluding hydrogens is 364 g/mol. The molecule has 3 heterocycles. The Morgan fingerprint density at radius 3 is 2.52 bits per heavy atom. The number of aromatic nitrogens is 2. The number of piperazine rings is 1. The van der Waals surface area contributed by atoms with Crippen molar-refractivity contribution in [1.29, 1.82) is 0 Å². The van der Waals surface area contributed by atoms with Crippen LogP contribution in [0.3, 0.4) is 0 Å². The molecule has 0 spiro atoms. The van der Waals surface area contributed by atoms with E-state index in [2.05, 4.69) is 50.8 Å². The largest absolute Gasteiger partial charge is 0.370 e. The second-order valence-corrected chi connectivity index (χ2v) is 8.84. The number of hydrogen-bond donors (Lipinski definition) is 1. The molecule has 2 aliphatic heterocycles. The molecule has 0 atom stereocenters. The minimum Gasteiger partial charge on any atom is -0.370 e. The molecule has 2 aliphatic rings. The van der Waals surface area contributed by atoms with E-state index in [-0.39, 0.29) is 0 Å². The second-order valence-electron chi connectivity index (χ2n) is 8.84. The van der Waals surface area contributed by atoms with Gasteiger partial charge in [0, 0.05) is 64.8 Å². The molecule has 0 unspecified atom stereocenters. The predicted octanol–water partition coefficient (Wildman–Crippen LogP) is 2.71. The van der Waals surface area contributed by atoms with Crippen LogP contribution in [0.2, 0.25) is 0 Å². The molecule has 0 bridgehead atoms. The molecule has 2 saturated heterocycles. The van der Waals surface area contributed by atoms with Crippen molar-refractivity contribution < 1.29 is 4.79 Å². The lowest BCUT2D eigenvalue weighted by Crippen LogP contribution is -2.49. The third-order valence-corrected chi connectivity index (χ3v) is 6.06. The maximum Gasteiger partial charge on any atom is 0.222 e. The molecule has 2 fully saturated rings. The summed E-state index contributed by atoms with van der Waals surface area (Å²) in [7, 11) is 0. The van der Waals surface area contributed by atoms with Gasteiger partial charge < -0.3 is 15.1 Å². The molecule has 0 aromatic carbocycles. The van der Waals surface area contributed by atoms with Gasteiger partial charge in [-0.2, -0.15) is 0 Å².